The Morgan fingerprint density at radius 3 is 3.17 bits per heavy atom. The van der Waals surface area contributed by atoms with Crippen LogP contribution < -0.4 is 4.72 Å². The number of sulfonamides is 1. The fourth-order valence-electron chi connectivity index (χ4n) is 2.17. The van der Waals surface area contributed by atoms with Gasteiger partial charge in [-0.05, 0) is 30.9 Å². The first kappa shape index (κ1) is 13.5. The fourth-order valence-corrected chi connectivity index (χ4v) is 3.38. The van der Waals surface area contributed by atoms with Crippen LogP contribution in [0.4, 0.5) is 0 Å². The number of rotatable bonds is 5. The lowest BCUT2D eigenvalue weighted by molar-refractivity contribution is 0.216. The molecule has 1 aliphatic carbocycles. The lowest BCUT2D eigenvalue weighted by atomic mass is 9.93. The first-order valence-electron chi connectivity index (χ1n) is 6.02. The molecule has 0 aromatic carbocycles. The van der Waals surface area contributed by atoms with Gasteiger partial charge in [0.15, 0.2) is 0 Å². The van der Waals surface area contributed by atoms with Gasteiger partial charge in [-0.3, -0.25) is 4.98 Å². The molecule has 0 fully saturated rings. The molecule has 0 saturated carbocycles. The molecule has 1 aromatic rings. The zero-order chi connectivity index (χ0) is 13.0. The number of fused-ring (bicyclic) bond motifs is 1. The van der Waals surface area contributed by atoms with E-state index in [1.54, 1.807) is 6.20 Å². The molecule has 0 saturated heterocycles. The summed E-state index contributed by atoms with van der Waals surface area (Å²) < 4.78 is 31.1. The Hall–Kier alpha value is -0.980. The second-order valence-electron chi connectivity index (χ2n) is 4.48. The number of nitrogens with one attached hydrogen (secondary N) is 1. The third kappa shape index (κ3) is 3.51. The highest BCUT2D eigenvalue weighted by molar-refractivity contribution is 7.89. The zero-order valence-corrected chi connectivity index (χ0v) is 11.2. The maximum atomic E-state index is 11.8. The molecular weight excluding hydrogens is 252 g/mol. The standard InChI is InChI=1S/C12H18N2O3S/c1-17-7-8-18(15,16)14-11-4-5-12-10(9-11)3-2-6-13-12/h2-3,6,11,14H,4-5,7-9H2,1H3. The SMILES string of the molecule is COCCS(=O)(=O)NC1CCc2ncccc2C1. The number of pyridine rings is 1. The highest BCUT2D eigenvalue weighted by Crippen LogP contribution is 2.19. The Morgan fingerprint density at radius 1 is 1.56 bits per heavy atom. The molecule has 0 radical (unpaired) electrons. The molecule has 1 aromatic heterocycles. The van der Waals surface area contributed by atoms with E-state index in [-0.39, 0.29) is 18.4 Å². The molecule has 1 aliphatic rings. The van der Waals surface area contributed by atoms with Gasteiger partial charge >= 0.3 is 0 Å². The van der Waals surface area contributed by atoms with Crippen molar-refractivity contribution in [2.45, 2.75) is 25.3 Å². The predicted octanol–water partition coefficient (Wildman–Crippen LogP) is 0.505. The second kappa shape index (κ2) is 5.77. The first-order valence-corrected chi connectivity index (χ1v) is 7.67. The molecule has 5 nitrogen and oxygen atoms in total. The summed E-state index contributed by atoms with van der Waals surface area (Å²) in [5.74, 6) is 0.0138. The van der Waals surface area contributed by atoms with Gasteiger partial charge < -0.3 is 4.74 Å². The Bertz CT molecular complexity index is 502. The van der Waals surface area contributed by atoms with E-state index in [1.165, 1.54) is 7.11 Å². The molecule has 6 heteroatoms. The van der Waals surface area contributed by atoms with Crippen LogP contribution in [-0.2, 0) is 27.6 Å². The number of hydrogen-bond donors (Lipinski definition) is 1. The van der Waals surface area contributed by atoms with E-state index >= 15 is 0 Å². The van der Waals surface area contributed by atoms with Crippen molar-refractivity contribution in [2.75, 3.05) is 19.5 Å². The molecule has 100 valence electrons. The van der Waals surface area contributed by atoms with Gasteiger partial charge in [0, 0.05) is 25.0 Å². The van der Waals surface area contributed by atoms with Gasteiger partial charge in [0.2, 0.25) is 10.0 Å². The minimum Gasteiger partial charge on any atom is -0.384 e. The number of nitrogens with zero attached hydrogens (tertiary/aromatic N) is 1. The van der Waals surface area contributed by atoms with Crippen LogP contribution >= 0.6 is 0 Å². The summed E-state index contributed by atoms with van der Waals surface area (Å²) in [6.07, 6.45) is 4.13. The van der Waals surface area contributed by atoms with Gasteiger partial charge in [0.1, 0.15) is 0 Å². The van der Waals surface area contributed by atoms with Gasteiger partial charge in [-0.2, -0.15) is 0 Å². The highest BCUT2D eigenvalue weighted by atomic mass is 32.2. The Morgan fingerprint density at radius 2 is 2.39 bits per heavy atom. The van der Waals surface area contributed by atoms with Gasteiger partial charge in [0.05, 0.1) is 12.4 Å². The first-order chi connectivity index (χ1) is 8.61. The van der Waals surface area contributed by atoms with Crippen LogP contribution in [0.15, 0.2) is 18.3 Å². The quantitative estimate of drug-likeness (QED) is 0.846. The fraction of sp³-hybridized carbons (Fsp3) is 0.583. The molecule has 18 heavy (non-hydrogen) atoms. The van der Waals surface area contributed by atoms with Crippen LogP contribution in [0.3, 0.4) is 0 Å². The molecule has 1 atom stereocenters. The van der Waals surface area contributed by atoms with E-state index in [2.05, 4.69) is 9.71 Å². The van der Waals surface area contributed by atoms with Gasteiger partial charge in [-0.15, -0.1) is 0 Å². The van der Waals surface area contributed by atoms with Crippen LogP contribution in [0.5, 0.6) is 0 Å². The molecule has 0 aliphatic heterocycles. The lowest BCUT2D eigenvalue weighted by Gasteiger charge is -2.24. The minimum absolute atomic E-state index is 0.0138. The number of hydrogen-bond acceptors (Lipinski definition) is 4. The third-order valence-electron chi connectivity index (χ3n) is 3.08. The van der Waals surface area contributed by atoms with Crippen molar-refractivity contribution in [3.63, 3.8) is 0 Å². The summed E-state index contributed by atoms with van der Waals surface area (Å²) in [4.78, 5) is 4.30. The van der Waals surface area contributed by atoms with Crippen LogP contribution in [0.1, 0.15) is 17.7 Å². The van der Waals surface area contributed by atoms with Crippen LogP contribution in [0.2, 0.25) is 0 Å². The number of aryl methyl sites for hydroxylation is 1. The Balaban J connectivity index is 1.97. The van der Waals surface area contributed by atoms with Crippen LogP contribution in [0, 0.1) is 0 Å². The molecule has 0 amide bonds. The van der Waals surface area contributed by atoms with E-state index in [9.17, 15) is 8.42 Å². The summed E-state index contributed by atoms with van der Waals surface area (Å²) in [6.45, 7) is 0.222. The number of ether oxygens (including phenoxy) is 1. The second-order valence-corrected chi connectivity index (χ2v) is 6.35. The van der Waals surface area contributed by atoms with E-state index in [1.807, 2.05) is 12.1 Å². The third-order valence-corrected chi connectivity index (χ3v) is 4.48. The molecule has 0 bridgehead atoms. The van der Waals surface area contributed by atoms with Crippen molar-refractivity contribution >= 4 is 10.0 Å². The van der Waals surface area contributed by atoms with Crippen molar-refractivity contribution in [1.82, 2.24) is 9.71 Å². The average molecular weight is 270 g/mol. The molecule has 1 N–H and O–H groups in total. The highest BCUT2D eigenvalue weighted by Gasteiger charge is 2.23. The molecular formula is C12H18N2O3S. The summed E-state index contributed by atoms with van der Waals surface area (Å²) in [7, 11) is -1.74. The predicted molar refractivity (Wildman–Crippen MR) is 68.8 cm³/mol. The summed E-state index contributed by atoms with van der Waals surface area (Å²) in [5.41, 5.74) is 2.23. The van der Waals surface area contributed by atoms with Gasteiger partial charge in [-0.25, -0.2) is 13.1 Å². The molecule has 0 spiro atoms. The largest absolute Gasteiger partial charge is 0.384 e. The van der Waals surface area contributed by atoms with E-state index in [0.717, 1.165) is 30.5 Å². The summed E-state index contributed by atoms with van der Waals surface area (Å²) in [6, 6.07) is 3.88. The maximum Gasteiger partial charge on any atom is 0.214 e. The monoisotopic (exact) mass is 270 g/mol. The maximum absolute atomic E-state index is 11.8. The molecule has 1 heterocycles. The summed E-state index contributed by atoms with van der Waals surface area (Å²) in [5, 5.41) is 0. The Kier molecular flexibility index (Phi) is 4.31. The average Bonchev–Trinajstić information content (AvgIpc) is 2.36. The van der Waals surface area contributed by atoms with E-state index in [4.69, 9.17) is 4.74 Å². The van der Waals surface area contributed by atoms with Crippen LogP contribution in [-0.4, -0.2) is 38.9 Å². The van der Waals surface area contributed by atoms with Crippen molar-refractivity contribution in [1.29, 1.82) is 0 Å². The van der Waals surface area contributed by atoms with Crippen molar-refractivity contribution < 1.29 is 13.2 Å². The van der Waals surface area contributed by atoms with Crippen LogP contribution in [0.25, 0.3) is 0 Å². The molecule has 2 rings (SSSR count). The number of aromatic nitrogens is 1. The topological polar surface area (TPSA) is 68.3 Å². The zero-order valence-electron chi connectivity index (χ0n) is 10.4. The van der Waals surface area contributed by atoms with Gasteiger partial charge in [0.25, 0.3) is 0 Å². The van der Waals surface area contributed by atoms with Crippen molar-refractivity contribution in [3.05, 3.63) is 29.6 Å². The minimum atomic E-state index is -3.24. The number of methoxy groups -OCH3 is 1. The summed E-state index contributed by atoms with van der Waals surface area (Å²) >= 11 is 0. The Labute approximate surface area is 108 Å². The normalized spacial score (nSPS) is 19.5. The van der Waals surface area contributed by atoms with Crippen molar-refractivity contribution in [2.24, 2.45) is 0 Å². The van der Waals surface area contributed by atoms with E-state index < -0.39 is 10.0 Å². The lowest BCUT2D eigenvalue weighted by Crippen LogP contribution is -2.40. The van der Waals surface area contributed by atoms with Gasteiger partial charge in [-0.1, -0.05) is 6.07 Å². The smallest absolute Gasteiger partial charge is 0.214 e. The van der Waals surface area contributed by atoms with E-state index in [0.29, 0.717) is 0 Å². The molecule has 1 unspecified atom stereocenters. The van der Waals surface area contributed by atoms with Crippen molar-refractivity contribution in [3.8, 4) is 0 Å².